The van der Waals surface area contributed by atoms with Crippen molar-refractivity contribution in [3.8, 4) is 0 Å². The summed E-state index contributed by atoms with van der Waals surface area (Å²) in [6.45, 7) is 11.4. The molecule has 1 aromatic heterocycles. The predicted octanol–water partition coefficient (Wildman–Crippen LogP) is 2.57. The number of carbonyl (C=O) groups is 1. The molecule has 7 aliphatic rings. The number of esters is 1. The van der Waals surface area contributed by atoms with Gasteiger partial charge in [-0.25, -0.2) is 0 Å². The lowest BCUT2D eigenvalue weighted by Crippen LogP contribution is -2.69. The van der Waals surface area contributed by atoms with Gasteiger partial charge in [-0.05, 0) is 36.7 Å². The fraction of sp³-hybridized carbons (Fsp3) is 0.808. The van der Waals surface area contributed by atoms with Gasteiger partial charge in [0, 0.05) is 31.0 Å². The molecule has 34 heavy (non-hydrogen) atoms. The monoisotopic (exact) mass is 471 g/mol. The fourth-order valence-corrected chi connectivity index (χ4v) is 8.89. The van der Waals surface area contributed by atoms with Crippen LogP contribution in [-0.2, 0) is 34.9 Å². The van der Waals surface area contributed by atoms with Gasteiger partial charge in [-0.3, -0.25) is 4.79 Å². The van der Waals surface area contributed by atoms with Crippen molar-refractivity contribution in [2.75, 3.05) is 31.2 Å². The Morgan fingerprint density at radius 3 is 2.71 bits per heavy atom. The Balaban J connectivity index is 1.21. The van der Waals surface area contributed by atoms with Crippen LogP contribution in [0.15, 0.2) is 10.7 Å². The van der Waals surface area contributed by atoms with Gasteiger partial charge < -0.3 is 33.0 Å². The molecule has 0 amide bonds. The van der Waals surface area contributed by atoms with Crippen LogP contribution in [0, 0.1) is 11.3 Å². The molecule has 4 aliphatic heterocycles. The topological polar surface area (TPSA) is 89.5 Å². The van der Waals surface area contributed by atoms with Crippen LogP contribution in [0.4, 0.5) is 5.88 Å². The third kappa shape index (κ3) is 2.01. The smallest absolute Gasteiger partial charge is 0.303 e. The highest BCUT2D eigenvalue weighted by atomic mass is 16.8. The predicted molar refractivity (Wildman–Crippen MR) is 119 cm³/mol. The Kier molecular flexibility index (Phi) is 3.64. The number of nitrogens with zero attached hydrogens (tertiary/aromatic N) is 1. The molecule has 0 aromatic carbocycles. The molecule has 2 spiro atoms. The molecular formula is C26H33NO7. The van der Waals surface area contributed by atoms with E-state index in [2.05, 4.69) is 25.7 Å². The van der Waals surface area contributed by atoms with Crippen LogP contribution in [0.25, 0.3) is 0 Å². The minimum atomic E-state index is -0.611. The van der Waals surface area contributed by atoms with E-state index in [1.807, 2.05) is 6.26 Å². The van der Waals surface area contributed by atoms with Crippen molar-refractivity contribution < 1.29 is 32.9 Å². The van der Waals surface area contributed by atoms with Gasteiger partial charge in [0.25, 0.3) is 0 Å². The number of anilines is 1. The van der Waals surface area contributed by atoms with Crippen LogP contribution in [0.3, 0.4) is 0 Å². The highest BCUT2D eigenvalue weighted by Crippen LogP contribution is 2.83. The van der Waals surface area contributed by atoms with Gasteiger partial charge in [0.05, 0.1) is 25.6 Å². The first-order valence-corrected chi connectivity index (χ1v) is 12.9. The molecule has 8 nitrogen and oxygen atoms in total. The van der Waals surface area contributed by atoms with Crippen LogP contribution >= 0.6 is 0 Å². The maximum atomic E-state index is 12.3. The summed E-state index contributed by atoms with van der Waals surface area (Å²) in [7, 11) is 0. The van der Waals surface area contributed by atoms with Gasteiger partial charge in [-0.1, -0.05) is 20.8 Å². The number of rotatable bonds is 3. The summed E-state index contributed by atoms with van der Waals surface area (Å²) >= 11 is 0. The number of morpholine rings is 1. The van der Waals surface area contributed by atoms with Gasteiger partial charge in [-0.15, -0.1) is 0 Å². The minimum Gasteiger partial charge on any atom is -0.456 e. The van der Waals surface area contributed by atoms with Crippen LogP contribution in [0.2, 0.25) is 0 Å². The zero-order valence-corrected chi connectivity index (χ0v) is 20.3. The zero-order chi connectivity index (χ0) is 23.3. The van der Waals surface area contributed by atoms with E-state index in [1.165, 1.54) is 18.1 Å². The van der Waals surface area contributed by atoms with Crippen molar-refractivity contribution in [1.82, 2.24) is 0 Å². The molecule has 0 N–H and O–H groups in total. The first kappa shape index (κ1) is 20.6. The van der Waals surface area contributed by atoms with Gasteiger partial charge in [0.1, 0.15) is 23.4 Å². The summed E-state index contributed by atoms with van der Waals surface area (Å²) in [6, 6.07) is 0. The van der Waals surface area contributed by atoms with E-state index in [0.717, 1.165) is 51.4 Å². The second-order valence-electron chi connectivity index (χ2n) is 12.0. The number of carbonyl (C=O) groups excluding carboxylic acids is 1. The Bertz CT molecular complexity index is 1090. The molecule has 5 heterocycles. The molecule has 0 unspecified atom stereocenters. The summed E-state index contributed by atoms with van der Waals surface area (Å²) in [5.74, 6) is 1.23. The molecule has 2 saturated carbocycles. The summed E-state index contributed by atoms with van der Waals surface area (Å²) < 4.78 is 37.7. The van der Waals surface area contributed by atoms with Crippen LogP contribution in [0.5, 0.6) is 0 Å². The van der Waals surface area contributed by atoms with Crippen molar-refractivity contribution in [2.24, 2.45) is 11.3 Å². The van der Waals surface area contributed by atoms with Gasteiger partial charge in [-0.2, -0.15) is 0 Å². The molecule has 4 saturated heterocycles. The highest BCUT2D eigenvalue weighted by molar-refractivity contribution is 5.67. The van der Waals surface area contributed by atoms with E-state index in [1.54, 1.807) is 0 Å². The highest BCUT2D eigenvalue weighted by Gasteiger charge is 3.01. The molecular weight excluding hydrogens is 438 g/mol. The molecule has 8 rings (SSSR count). The second-order valence-corrected chi connectivity index (χ2v) is 12.0. The average Bonchev–Trinajstić information content (AvgIpc) is 3.72. The zero-order valence-electron chi connectivity index (χ0n) is 20.3. The fourth-order valence-electron chi connectivity index (χ4n) is 8.89. The lowest BCUT2D eigenvalue weighted by atomic mass is 9.47. The largest absolute Gasteiger partial charge is 0.456 e. The van der Waals surface area contributed by atoms with Gasteiger partial charge in [0.15, 0.2) is 17.6 Å². The number of hydrogen-bond acceptors (Lipinski definition) is 8. The SMILES string of the molecule is CC(=O)O[C@@H]1[C@@]2(C(C)C)O[C@H]2[C@@H]2O[C@]23[C@]12O[C@H]2C[C@H]1c2coc(N4CCOCC4)c2CC[C@@]13C. The van der Waals surface area contributed by atoms with E-state index in [9.17, 15) is 4.79 Å². The minimum absolute atomic E-state index is 0.00612. The summed E-state index contributed by atoms with van der Waals surface area (Å²) in [6.07, 6.45) is 4.33. The van der Waals surface area contributed by atoms with Crippen molar-refractivity contribution in [2.45, 2.75) is 94.1 Å². The number of hydrogen-bond donors (Lipinski definition) is 0. The average molecular weight is 472 g/mol. The second kappa shape index (κ2) is 6.02. The number of furan rings is 1. The lowest BCUT2D eigenvalue weighted by molar-refractivity contribution is -0.165. The Labute approximate surface area is 199 Å². The van der Waals surface area contributed by atoms with E-state index < -0.39 is 22.9 Å². The number of fused-ring (bicyclic) bond motifs is 5. The normalized spacial score (nSPS) is 51.3. The molecule has 8 heteroatoms. The Morgan fingerprint density at radius 2 is 1.97 bits per heavy atom. The molecule has 6 fully saturated rings. The number of ether oxygens (including phenoxy) is 5. The van der Waals surface area contributed by atoms with Crippen molar-refractivity contribution in [1.29, 1.82) is 0 Å². The molecule has 3 aliphatic carbocycles. The molecule has 9 atom stereocenters. The first-order valence-electron chi connectivity index (χ1n) is 12.9. The Hall–Kier alpha value is -1.61. The van der Waals surface area contributed by atoms with Crippen molar-refractivity contribution in [3.05, 3.63) is 17.4 Å². The summed E-state index contributed by atoms with van der Waals surface area (Å²) in [5, 5.41) is 0. The molecule has 1 aromatic rings. The summed E-state index contributed by atoms with van der Waals surface area (Å²) in [4.78, 5) is 14.6. The van der Waals surface area contributed by atoms with Crippen LogP contribution < -0.4 is 4.90 Å². The lowest BCUT2D eigenvalue weighted by Gasteiger charge is -2.53. The van der Waals surface area contributed by atoms with E-state index in [-0.39, 0.29) is 41.5 Å². The van der Waals surface area contributed by atoms with Crippen molar-refractivity contribution >= 4 is 11.9 Å². The molecule has 0 bridgehead atoms. The standard InChI is InChI=1S/C26H33NO7/c1-13(2)24-19(33-24)20-26(34-20)23(4)6-5-15-16(12-30-21(15)27-7-9-29-10-8-27)17(23)11-18-25(26,32-18)22(24)31-14(3)28/h12-13,17-20,22H,5-11H2,1-4H3/t17-,18-,19-,20-,22+,23-,24-,25+,26+/m0/s1. The van der Waals surface area contributed by atoms with Gasteiger partial charge >= 0.3 is 5.97 Å². The maximum absolute atomic E-state index is 12.3. The van der Waals surface area contributed by atoms with E-state index >= 15 is 0 Å². The maximum Gasteiger partial charge on any atom is 0.303 e. The van der Waals surface area contributed by atoms with E-state index in [0.29, 0.717) is 0 Å². The van der Waals surface area contributed by atoms with Crippen LogP contribution in [0.1, 0.15) is 57.6 Å². The number of epoxide rings is 3. The third-order valence-electron chi connectivity index (χ3n) is 10.5. The quantitative estimate of drug-likeness (QED) is 0.491. The van der Waals surface area contributed by atoms with Crippen LogP contribution in [-0.4, -0.2) is 73.5 Å². The Morgan fingerprint density at radius 1 is 1.18 bits per heavy atom. The van der Waals surface area contributed by atoms with Gasteiger partial charge in [0.2, 0.25) is 0 Å². The molecule has 0 radical (unpaired) electrons. The molecule has 184 valence electrons. The third-order valence-corrected chi connectivity index (χ3v) is 10.5. The van der Waals surface area contributed by atoms with Crippen molar-refractivity contribution in [3.63, 3.8) is 0 Å². The first-order chi connectivity index (χ1) is 16.3. The van der Waals surface area contributed by atoms with E-state index in [4.69, 9.17) is 28.1 Å². The summed E-state index contributed by atoms with van der Waals surface area (Å²) in [5.41, 5.74) is 0.911.